The van der Waals surface area contributed by atoms with E-state index in [0.717, 1.165) is 17.7 Å². The van der Waals surface area contributed by atoms with Crippen molar-refractivity contribution in [1.82, 2.24) is 0 Å². The third kappa shape index (κ3) is 4.06. The van der Waals surface area contributed by atoms with Crippen LogP contribution in [0.1, 0.15) is 93.4 Å². The van der Waals surface area contributed by atoms with Gasteiger partial charge in [-0.25, -0.2) is 4.39 Å². The van der Waals surface area contributed by atoms with E-state index in [0.29, 0.717) is 25.7 Å². The van der Waals surface area contributed by atoms with Crippen molar-refractivity contribution in [2.24, 2.45) is 33.6 Å². The number of carbonyl (C=O) groups is 2. The highest BCUT2D eigenvalue weighted by atomic mass is 19.1. The molecule has 0 saturated heterocycles. The number of ether oxygens (including phenoxy) is 1. The lowest BCUT2D eigenvalue weighted by atomic mass is 9.44. The predicted octanol–water partition coefficient (Wildman–Crippen LogP) is 5.31. The van der Waals surface area contributed by atoms with Gasteiger partial charge in [0.05, 0.1) is 17.4 Å². The average Bonchev–Trinajstić information content (AvgIpc) is 3.04. The first-order valence-corrected chi connectivity index (χ1v) is 14.3. The van der Waals surface area contributed by atoms with E-state index in [-0.39, 0.29) is 24.3 Å². The summed E-state index contributed by atoms with van der Waals surface area (Å²) in [6, 6.07) is 0. The Morgan fingerprint density at radius 3 is 2.53 bits per heavy atom. The van der Waals surface area contributed by atoms with Crippen LogP contribution in [0.25, 0.3) is 0 Å². The van der Waals surface area contributed by atoms with Gasteiger partial charge < -0.3 is 14.9 Å². The number of rotatable bonds is 6. The number of carbonyl (C=O) groups excluding carboxylic acids is 2. The molecule has 0 aromatic heterocycles. The summed E-state index contributed by atoms with van der Waals surface area (Å²) in [7, 11) is 0. The number of aliphatic hydroxyl groups excluding tert-OH is 2. The van der Waals surface area contributed by atoms with Crippen LogP contribution < -0.4 is 0 Å². The fraction of sp³-hybridized carbons (Fsp3) is 0.774. The van der Waals surface area contributed by atoms with Gasteiger partial charge in [-0.05, 0) is 77.9 Å². The summed E-state index contributed by atoms with van der Waals surface area (Å²) in [4.78, 5) is 31.2. The number of alkyl halides is 1. The molecule has 3 fully saturated rings. The Labute approximate surface area is 226 Å². The maximum atomic E-state index is 17.7. The highest BCUT2D eigenvalue weighted by Crippen LogP contribution is 2.71. The Hall–Kier alpha value is -1.86. The van der Waals surface area contributed by atoms with Crippen molar-refractivity contribution in [3.05, 3.63) is 23.8 Å². The molecule has 4 rings (SSSR count). The van der Waals surface area contributed by atoms with Crippen molar-refractivity contribution in [3.8, 4) is 0 Å². The van der Waals surface area contributed by atoms with Crippen LogP contribution in [0, 0.1) is 28.6 Å². The van der Waals surface area contributed by atoms with E-state index in [2.05, 4.69) is 0 Å². The second-order valence-corrected chi connectivity index (χ2v) is 13.6. The summed E-state index contributed by atoms with van der Waals surface area (Å²) >= 11 is 0. The van der Waals surface area contributed by atoms with E-state index in [1.807, 2.05) is 66.7 Å². The normalized spacial score (nSPS) is 43.2. The molecule has 3 saturated carbocycles. The minimum Gasteiger partial charge on any atom is -0.450 e. The van der Waals surface area contributed by atoms with Crippen molar-refractivity contribution in [3.63, 3.8) is 0 Å². The van der Waals surface area contributed by atoms with E-state index in [1.165, 1.54) is 0 Å². The van der Waals surface area contributed by atoms with Crippen molar-refractivity contribution >= 4 is 17.5 Å². The van der Waals surface area contributed by atoms with Crippen molar-refractivity contribution in [2.75, 3.05) is 6.61 Å². The Morgan fingerprint density at radius 1 is 1.24 bits per heavy atom. The van der Waals surface area contributed by atoms with Crippen LogP contribution in [0.5, 0.6) is 0 Å². The minimum atomic E-state index is -1.95. The first-order valence-electron chi connectivity index (χ1n) is 14.3. The van der Waals surface area contributed by atoms with Gasteiger partial charge in [0.2, 0.25) is 5.78 Å². The van der Waals surface area contributed by atoms with Crippen molar-refractivity contribution in [2.45, 2.75) is 116 Å². The summed E-state index contributed by atoms with van der Waals surface area (Å²) in [5, 5.41) is 21.7. The molecule has 0 spiro atoms. The van der Waals surface area contributed by atoms with Gasteiger partial charge >= 0.3 is 5.97 Å². The second kappa shape index (κ2) is 9.65. The highest BCUT2D eigenvalue weighted by molar-refractivity contribution is 6.06. The molecule has 38 heavy (non-hydrogen) atoms. The number of hydrogen-bond donors (Lipinski definition) is 2. The Bertz CT molecular complexity index is 1070. The number of unbranched alkanes of at least 4 members (excludes halogenated alkanes) is 1. The summed E-state index contributed by atoms with van der Waals surface area (Å²) in [6.07, 6.45) is 7.61. The fourth-order valence-corrected chi connectivity index (χ4v) is 8.53. The lowest BCUT2D eigenvalue weighted by Gasteiger charge is -2.62. The molecule has 0 unspecified atom stereocenters. The maximum Gasteiger partial charge on any atom is 0.306 e. The summed E-state index contributed by atoms with van der Waals surface area (Å²) in [5.74, 6) is -2.27. The zero-order valence-electron chi connectivity index (χ0n) is 24.1. The van der Waals surface area contributed by atoms with Gasteiger partial charge in [0, 0.05) is 29.1 Å². The lowest BCUT2D eigenvalue weighted by molar-refractivity contribution is -0.228. The van der Waals surface area contributed by atoms with Crippen molar-refractivity contribution < 1.29 is 28.9 Å². The van der Waals surface area contributed by atoms with Crippen LogP contribution >= 0.6 is 0 Å². The Balaban J connectivity index is 1.77. The van der Waals surface area contributed by atoms with E-state index in [1.54, 1.807) is 0 Å². The van der Waals surface area contributed by atoms with Gasteiger partial charge in [-0.1, -0.05) is 38.8 Å². The van der Waals surface area contributed by atoms with Crippen LogP contribution in [-0.2, 0) is 14.3 Å². The largest absolute Gasteiger partial charge is 0.450 e. The average molecular weight is 532 g/mol. The van der Waals surface area contributed by atoms with Gasteiger partial charge in [0.25, 0.3) is 0 Å². The number of esters is 1. The van der Waals surface area contributed by atoms with Crippen LogP contribution in [0.2, 0.25) is 0 Å². The summed E-state index contributed by atoms with van der Waals surface area (Å²) in [6.45, 7) is 12.9. The van der Waals surface area contributed by atoms with Gasteiger partial charge in [0.1, 0.15) is 6.61 Å². The highest BCUT2D eigenvalue weighted by Gasteiger charge is 2.77. The molecule has 4 aliphatic carbocycles. The van der Waals surface area contributed by atoms with Gasteiger partial charge in [-0.3, -0.25) is 14.6 Å². The molecule has 7 heteroatoms. The summed E-state index contributed by atoms with van der Waals surface area (Å²) in [5.41, 5.74) is -4.08. The van der Waals surface area contributed by atoms with E-state index < -0.39 is 58.4 Å². The quantitative estimate of drug-likeness (QED) is 0.453. The molecule has 6 nitrogen and oxygen atoms in total. The maximum absolute atomic E-state index is 17.7. The standard InChI is InChI=1S/C31H46FNO5/c1-8-9-10-26(37)38-31(25(36)18-34)19(2)15-23-22-12-11-20-16-21(33-27(3,4)5)13-14-28(20,6)30(22,32)24(35)17-29(23,31)7/h13-14,16,19,22-24,34-35H,8-12,15,17-18H2,1-7H3/t19-,22-,23-,24-,28-,29-,30-,31-/m0/s1. The predicted molar refractivity (Wildman–Crippen MR) is 146 cm³/mol. The fourth-order valence-electron chi connectivity index (χ4n) is 8.53. The first-order chi connectivity index (χ1) is 17.6. The second-order valence-electron chi connectivity index (χ2n) is 13.6. The monoisotopic (exact) mass is 531 g/mol. The number of nitrogens with zero attached hydrogens (tertiary/aromatic N) is 1. The number of fused-ring (bicyclic) bond motifs is 5. The third-order valence-electron chi connectivity index (χ3n) is 10.2. The summed E-state index contributed by atoms with van der Waals surface area (Å²) < 4.78 is 23.7. The zero-order chi connectivity index (χ0) is 28.3. The molecular weight excluding hydrogens is 485 g/mol. The molecule has 8 atom stereocenters. The van der Waals surface area contributed by atoms with E-state index in [9.17, 15) is 19.8 Å². The number of allylic oxidation sites excluding steroid dienone is 4. The number of aliphatic imine (C=N–C) groups is 1. The number of Topliss-reactive ketones (excluding diaryl/α,β-unsaturated/α-hetero) is 1. The Morgan fingerprint density at radius 2 is 1.92 bits per heavy atom. The topological polar surface area (TPSA) is 96.2 Å². The lowest BCUT2D eigenvalue weighted by Crippen LogP contribution is -2.70. The molecule has 0 aliphatic heterocycles. The number of hydrogen-bond acceptors (Lipinski definition) is 6. The molecule has 2 N–H and O–H groups in total. The number of halogens is 1. The molecule has 0 heterocycles. The third-order valence-corrected chi connectivity index (χ3v) is 10.2. The molecule has 212 valence electrons. The van der Waals surface area contributed by atoms with Gasteiger partial charge in [0.15, 0.2) is 11.3 Å². The van der Waals surface area contributed by atoms with Crippen LogP contribution in [-0.4, -0.2) is 57.2 Å². The minimum absolute atomic E-state index is 0.0263. The molecule has 0 bridgehead atoms. The van der Waals surface area contributed by atoms with E-state index >= 15 is 4.39 Å². The van der Waals surface area contributed by atoms with Crippen LogP contribution in [0.3, 0.4) is 0 Å². The molecule has 0 amide bonds. The number of aliphatic hydroxyl groups is 2. The smallest absolute Gasteiger partial charge is 0.306 e. The Kier molecular flexibility index (Phi) is 7.40. The molecule has 0 aromatic carbocycles. The number of ketones is 1. The van der Waals surface area contributed by atoms with Gasteiger partial charge in [-0.15, -0.1) is 0 Å². The van der Waals surface area contributed by atoms with Gasteiger partial charge in [-0.2, -0.15) is 0 Å². The van der Waals surface area contributed by atoms with Crippen LogP contribution in [0.15, 0.2) is 28.8 Å². The van der Waals surface area contributed by atoms with Crippen LogP contribution in [0.4, 0.5) is 4.39 Å². The molecular formula is C31H46FNO5. The SMILES string of the molecule is CCCCC(=O)O[C@]1(C(=O)CO)[C@@H](C)C[C@H]2[C@@H]3CCC4=CC(=NC(C)(C)C)C=C[C@]4(C)[C@@]3(F)[C@@H](O)C[C@@]21C. The first kappa shape index (κ1) is 29.1. The zero-order valence-corrected chi connectivity index (χ0v) is 24.1. The van der Waals surface area contributed by atoms with Crippen molar-refractivity contribution in [1.29, 1.82) is 0 Å². The molecule has 4 aliphatic rings. The molecule has 0 aromatic rings. The molecule has 0 radical (unpaired) electrons. The van der Waals surface area contributed by atoms with E-state index in [4.69, 9.17) is 9.73 Å².